The topological polar surface area (TPSA) is 88.2 Å². The maximum atomic E-state index is 12.6. The van der Waals surface area contributed by atoms with Crippen molar-refractivity contribution in [3.8, 4) is 0 Å². The second-order valence-electron chi connectivity index (χ2n) is 6.25. The Morgan fingerprint density at radius 2 is 1.85 bits per heavy atom. The number of benzene rings is 2. The number of carbonyl (C=O) groups excluding carboxylic acids is 1. The van der Waals surface area contributed by atoms with Gasteiger partial charge in [-0.15, -0.1) is 0 Å². The van der Waals surface area contributed by atoms with Gasteiger partial charge >= 0.3 is 0 Å². The zero-order chi connectivity index (χ0) is 19.3. The van der Waals surface area contributed by atoms with Gasteiger partial charge in [0.05, 0.1) is 10.9 Å². The first-order chi connectivity index (χ1) is 13.0. The Hall–Kier alpha value is -2.77. The van der Waals surface area contributed by atoms with Gasteiger partial charge in [-0.05, 0) is 42.5 Å². The van der Waals surface area contributed by atoms with E-state index in [4.69, 9.17) is 0 Å². The summed E-state index contributed by atoms with van der Waals surface area (Å²) >= 11 is 0. The Morgan fingerprint density at radius 3 is 2.63 bits per heavy atom. The fourth-order valence-corrected chi connectivity index (χ4v) is 3.95. The van der Waals surface area contributed by atoms with Crippen LogP contribution in [-0.2, 0) is 21.2 Å². The van der Waals surface area contributed by atoms with E-state index < -0.39 is 16.1 Å². The molecule has 140 valence electrons. The molecule has 3 rings (SSSR count). The molecule has 7 heteroatoms. The van der Waals surface area contributed by atoms with Gasteiger partial charge in [-0.1, -0.05) is 36.4 Å². The van der Waals surface area contributed by atoms with Crippen LogP contribution in [-0.4, -0.2) is 31.9 Å². The van der Waals surface area contributed by atoms with Crippen molar-refractivity contribution in [2.45, 2.75) is 24.3 Å². The summed E-state index contributed by atoms with van der Waals surface area (Å²) in [5.41, 5.74) is 1.11. The first-order valence-corrected chi connectivity index (χ1v) is 10.1. The number of hydrogen-bond donors (Lipinski definition) is 2. The molecule has 0 saturated heterocycles. The SMILES string of the molecule is C[C@@H](NS(=O)(=O)c1ccc2cnccc2c1)C(=O)NCCc1ccccc1. The largest absolute Gasteiger partial charge is 0.354 e. The van der Waals surface area contributed by atoms with Crippen LogP contribution in [0.2, 0.25) is 0 Å². The quantitative estimate of drug-likeness (QED) is 0.655. The van der Waals surface area contributed by atoms with E-state index in [2.05, 4.69) is 15.0 Å². The second kappa shape index (κ2) is 8.28. The van der Waals surface area contributed by atoms with Gasteiger partial charge in [0.25, 0.3) is 0 Å². The second-order valence-corrected chi connectivity index (χ2v) is 7.97. The molecule has 0 radical (unpaired) electrons. The van der Waals surface area contributed by atoms with Crippen LogP contribution in [0.3, 0.4) is 0 Å². The molecule has 3 aromatic rings. The highest BCUT2D eigenvalue weighted by atomic mass is 32.2. The van der Waals surface area contributed by atoms with Crippen LogP contribution < -0.4 is 10.0 Å². The lowest BCUT2D eigenvalue weighted by Crippen LogP contribution is -2.45. The van der Waals surface area contributed by atoms with E-state index in [0.717, 1.165) is 16.3 Å². The van der Waals surface area contributed by atoms with Crippen molar-refractivity contribution in [2.24, 2.45) is 0 Å². The van der Waals surface area contributed by atoms with Gasteiger partial charge in [-0.3, -0.25) is 9.78 Å². The highest BCUT2D eigenvalue weighted by Crippen LogP contribution is 2.18. The number of fused-ring (bicyclic) bond motifs is 1. The number of carbonyl (C=O) groups is 1. The van der Waals surface area contributed by atoms with Crippen LogP contribution >= 0.6 is 0 Å². The molecule has 1 aromatic heterocycles. The van der Waals surface area contributed by atoms with E-state index in [1.165, 1.54) is 13.0 Å². The molecule has 0 saturated carbocycles. The molecule has 1 heterocycles. The van der Waals surface area contributed by atoms with Gasteiger partial charge in [0.2, 0.25) is 15.9 Å². The highest BCUT2D eigenvalue weighted by molar-refractivity contribution is 7.89. The van der Waals surface area contributed by atoms with Crippen LogP contribution in [0.5, 0.6) is 0 Å². The highest BCUT2D eigenvalue weighted by Gasteiger charge is 2.22. The molecule has 6 nitrogen and oxygen atoms in total. The van der Waals surface area contributed by atoms with Gasteiger partial charge in [0, 0.05) is 24.3 Å². The normalized spacial score (nSPS) is 12.6. The average molecular weight is 383 g/mol. The van der Waals surface area contributed by atoms with E-state index in [-0.39, 0.29) is 10.8 Å². The lowest BCUT2D eigenvalue weighted by molar-refractivity contribution is -0.122. The third-order valence-electron chi connectivity index (χ3n) is 4.20. The average Bonchev–Trinajstić information content (AvgIpc) is 2.68. The van der Waals surface area contributed by atoms with E-state index in [1.54, 1.807) is 30.6 Å². The van der Waals surface area contributed by atoms with Crippen molar-refractivity contribution in [1.29, 1.82) is 0 Å². The molecule has 0 fully saturated rings. The molecular weight excluding hydrogens is 362 g/mol. The monoisotopic (exact) mass is 383 g/mol. The minimum Gasteiger partial charge on any atom is -0.354 e. The van der Waals surface area contributed by atoms with E-state index in [0.29, 0.717) is 13.0 Å². The Labute approximate surface area is 158 Å². The number of amides is 1. The molecule has 0 aliphatic rings. The Morgan fingerprint density at radius 1 is 1.07 bits per heavy atom. The van der Waals surface area contributed by atoms with Crippen LogP contribution in [0.1, 0.15) is 12.5 Å². The molecule has 2 aromatic carbocycles. The van der Waals surface area contributed by atoms with Crippen LogP contribution in [0, 0.1) is 0 Å². The van der Waals surface area contributed by atoms with Crippen molar-refractivity contribution >= 4 is 26.7 Å². The molecule has 27 heavy (non-hydrogen) atoms. The third kappa shape index (κ3) is 4.90. The number of aromatic nitrogens is 1. The summed E-state index contributed by atoms with van der Waals surface area (Å²) in [6, 6.07) is 15.4. The summed E-state index contributed by atoms with van der Waals surface area (Å²) in [5, 5.41) is 4.38. The van der Waals surface area contributed by atoms with Crippen molar-refractivity contribution in [3.05, 3.63) is 72.6 Å². The van der Waals surface area contributed by atoms with Crippen molar-refractivity contribution in [3.63, 3.8) is 0 Å². The smallest absolute Gasteiger partial charge is 0.241 e. The van der Waals surface area contributed by atoms with Gasteiger partial charge in [0.1, 0.15) is 0 Å². The molecule has 0 unspecified atom stereocenters. The molecule has 0 spiro atoms. The number of pyridine rings is 1. The summed E-state index contributed by atoms with van der Waals surface area (Å²) in [4.78, 5) is 16.3. The predicted molar refractivity (Wildman–Crippen MR) is 105 cm³/mol. The van der Waals surface area contributed by atoms with Crippen molar-refractivity contribution in [1.82, 2.24) is 15.0 Å². The van der Waals surface area contributed by atoms with Gasteiger partial charge in [0.15, 0.2) is 0 Å². The predicted octanol–water partition coefficient (Wildman–Crippen LogP) is 2.26. The molecule has 2 N–H and O–H groups in total. The van der Waals surface area contributed by atoms with Crippen LogP contribution in [0.25, 0.3) is 10.8 Å². The Kier molecular flexibility index (Phi) is 5.83. The van der Waals surface area contributed by atoms with Crippen LogP contribution in [0.4, 0.5) is 0 Å². The minimum atomic E-state index is -3.80. The zero-order valence-electron chi connectivity index (χ0n) is 14.9. The molecule has 0 aliphatic carbocycles. The van der Waals surface area contributed by atoms with E-state index >= 15 is 0 Å². The van der Waals surface area contributed by atoms with Gasteiger partial charge < -0.3 is 5.32 Å². The molecule has 1 atom stereocenters. The number of sulfonamides is 1. The molecular formula is C20H21N3O3S. The van der Waals surface area contributed by atoms with E-state index in [9.17, 15) is 13.2 Å². The molecule has 0 bridgehead atoms. The summed E-state index contributed by atoms with van der Waals surface area (Å²) < 4.78 is 27.6. The zero-order valence-corrected chi connectivity index (χ0v) is 15.7. The number of nitrogens with zero attached hydrogens (tertiary/aromatic N) is 1. The summed E-state index contributed by atoms with van der Waals surface area (Å²) in [6.07, 6.45) is 3.96. The third-order valence-corrected chi connectivity index (χ3v) is 5.74. The number of rotatable bonds is 7. The number of nitrogens with one attached hydrogen (secondary N) is 2. The summed E-state index contributed by atoms with van der Waals surface area (Å²) in [5.74, 6) is -0.362. The standard InChI is InChI=1S/C20H21N3O3S/c1-15(20(24)22-12-9-16-5-3-2-4-6-16)23-27(25,26)19-8-7-18-14-21-11-10-17(18)13-19/h2-8,10-11,13-15,23H,9,12H2,1H3,(H,22,24)/t15-/m1/s1. The number of hydrogen-bond acceptors (Lipinski definition) is 4. The first kappa shape index (κ1) is 19.0. The van der Waals surface area contributed by atoms with Crippen LogP contribution in [0.15, 0.2) is 71.9 Å². The maximum absolute atomic E-state index is 12.6. The van der Waals surface area contributed by atoms with Crippen molar-refractivity contribution in [2.75, 3.05) is 6.54 Å². The maximum Gasteiger partial charge on any atom is 0.241 e. The lowest BCUT2D eigenvalue weighted by atomic mass is 10.1. The fourth-order valence-electron chi connectivity index (χ4n) is 2.71. The molecule has 0 aliphatic heterocycles. The fraction of sp³-hybridized carbons (Fsp3) is 0.200. The van der Waals surface area contributed by atoms with Gasteiger partial charge in [-0.25, -0.2) is 8.42 Å². The van der Waals surface area contributed by atoms with Crippen molar-refractivity contribution < 1.29 is 13.2 Å². The van der Waals surface area contributed by atoms with Gasteiger partial charge in [-0.2, -0.15) is 4.72 Å². The Bertz CT molecular complexity index is 1040. The minimum absolute atomic E-state index is 0.116. The summed E-state index contributed by atoms with van der Waals surface area (Å²) in [7, 11) is -3.80. The summed E-state index contributed by atoms with van der Waals surface area (Å²) in [6.45, 7) is 1.97. The lowest BCUT2D eigenvalue weighted by Gasteiger charge is -2.15. The first-order valence-electron chi connectivity index (χ1n) is 8.63. The van der Waals surface area contributed by atoms with E-state index in [1.807, 2.05) is 30.3 Å². The Balaban J connectivity index is 1.60. The molecule has 1 amide bonds.